The normalized spacial score (nSPS) is 11.8. The maximum absolute atomic E-state index is 12.9. The van der Waals surface area contributed by atoms with E-state index in [0.29, 0.717) is 5.56 Å². The van der Waals surface area contributed by atoms with Gasteiger partial charge in [0.1, 0.15) is 5.82 Å². The van der Waals surface area contributed by atoms with E-state index < -0.39 is 0 Å². The second kappa shape index (κ2) is 6.19. The number of nitrogens with one attached hydrogen (secondary N) is 2. The first kappa shape index (κ1) is 14.1. The average molecular weight is 272 g/mol. The molecule has 2 aromatic rings. The molecule has 20 heavy (non-hydrogen) atoms. The zero-order valence-corrected chi connectivity index (χ0v) is 11.5. The summed E-state index contributed by atoms with van der Waals surface area (Å²) in [5.41, 5.74) is 2.41. The number of amides is 1. The van der Waals surface area contributed by atoms with Crippen LogP contribution in [0.1, 0.15) is 28.9 Å². The molecule has 0 bridgehead atoms. The summed E-state index contributed by atoms with van der Waals surface area (Å²) >= 11 is 0. The van der Waals surface area contributed by atoms with Crippen LogP contribution in [0.5, 0.6) is 0 Å². The Morgan fingerprint density at radius 1 is 1.05 bits per heavy atom. The van der Waals surface area contributed by atoms with Gasteiger partial charge in [-0.25, -0.2) is 4.39 Å². The van der Waals surface area contributed by atoms with Crippen molar-refractivity contribution in [1.82, 2.24) is 5.32 Å². The number of benzene rings is 2. The zero-order chi connectivity index (χ0) is 14.5. The lowest BCUT2D eigenvalue weighted by Gasteiger charge is -2.14. The molecular weight excluding hydrogens is 255 g/mol. The van der Waals surface area contributed by atoms with Gasteiger partial charge in [0.25, 0.3) is 5.91 Å². The lowest BCUT2D eigenvalue weighted by atomic mass is 10.1. The number of hydrogen-bond donors (Lipinski definition) is 2. The fourth-order valence-electron chi connectivity index (χ4n) is 1.90. The van der Waals surface area contributed by atoms with Gasteiger partial charge in [-0.3, -0.25) is 4.79 Å². The molecule has 2 rings (SSSR count). The fourth-order valence-corrected chi connectivity index (χ4v) is 1.90. The minimum Gasteiger partial charge on any atom is -0.388 e. The molecule has 3 nitrogen and oxygen atoms in total. The summed E-state index contributed by atoms with van der Waals surface area (Å²) in [5, 5.41) is 5.89. The van der Waals surface area contributed by atoms with Gasteiger partial charge in [0.2, 0.25) is 0 Å². The van der Waals surface area contributed by atoms with Crippen molar-refractivity contribution in [1.29, 1.82) is 0 Å². The van der Waals surface area contributed by atoms with Crippen molar-refractivity contribution in [2.45, 2.75) is 13.0 Å². The molecule has 0 aliphatic rings. The highest BCUT2D eigenvalue weighted by molar-refractivity contribution is 5.94. The van der Waals surface area contributed by atoms with Crippen molar-refractivity contribution in [2.24, 2.45) is 0 Å². The molecule has 1 atom stereocenters. The first-order valence-corrected chi connectivity index (χ1v) is 6.44. The molecule has 104 valence electrons. The molecule has 0 spiro atoms. The van der Waals surface area contributed by atoms with Gasteiger partial charge >= 0.3 is 0 Å². The van der Waals surface area contributed by atoms with E-state index in [1.54, 1.807) is 24.3 Å². The number of anilines is 1. The Hall–Kier alpha value is -2.36. The monoisotopic (exact) mass is 272 g/mol. The quantitative estimate of drug-likeness (QED) is 0.896. The maximum Gasteiger partial charge on any atom is 0.251 e. The van der Waals surface area contributed by atoms with E-state index in [0.717, 1.165) is 11.3 Å². The second-order valence-corrected chi connectivity index (χ2v) is 4.57. The minimum absolute atomic E-state index is 0.149. The molecule has 0 aliphatic carbocycles. The van der Waals surface area contributed by atoms with E-state index in [2.05, 4.69) is 10.6 Å². The average Bonchev–Trinajstić information content (AvgIpc) is 2.48. The molecule has 1 unspecified atom stereocenters. The molecule has 0 saturated heterocycles. The van der Waals surface area contributed by atoms with Crippen molar-refractivity contribution < 1.29 is 9.18 Å². The summed E-state index contributed by atoms with van der Waals surface area (Å²) in [6, 6.07) is 13.2. The van der Waals surface area contributed by atoms with Crippen molar-refractivity contribution in [3.63, 3.8) is 0 Å². The molecule has 0 radical (unpaired) electrons. The molecule has 0 aromatic heterocycles. The largest absolute Gasteiger partial charge is 0.388 e. The Kier molecular flexibility index (Phi) is 4.35. The topological polar surface area (TPSA) is 41.1 Å². The number of rotatable bonds is 4. The number of hydrogen-bond acceptors (Lipinski definition) is 2. The van der Waals surface area contributed by atoms with E-state index in [1.165, 1.54) is 12.1 Å². The molecule has 0 fully saturated rings. The van der Waals surface area contributed by atoms with E-state index in [9.17, 15) is 9.18 Å². The van der Waals surface area contributed by atoms with Crippen molar-refractivity contribution in [3.8, 4) is 0 Å². The van der Waals surface area contributed by atoms with Crippen LogP contribution in [0.25, 0.3) is 0 Å². The van der Waals surface area contributed by atoms with Gasteiger partial charge in [0.15, 0.2) is 0 Å². The number of carbonyl (C=O) groups excluding carboxylic acids is 1. The van der Waals surface area contributed by atoms with Gasteiger partial charge in [0, 0.05) is 18.3 Å². The Balaban J connectivity index is 2.04. The lowest BCUT2D eigenvalue weighted by molar-refractivity contribution is 0.0940. The van der Waals surface area contributed by atoms with Crippen LogP contribution in [0, 0.1) is 5.82 Å². The summed E-state index contributed by atoms with van der Waals surface area (Å²) in [5.74, 6) is -0.431. The minimum atomic E-state index is -0.282. The van der Waals surface area contributed by atoms with Crippen LogP contribution >= 0.6 is 0 Å². The Morgan fingerprint density at radius 3 is 2.20 bits per heavy atom. The summed E-state index contributed by atoms with van der Waals surface area (Å²) in [4.78, 5) is 12.1. The Bertz CT molecular complexity index is 578. The predicted molar refractivity (Wildman–Crippen MR) is 78.3 cm³/mol. The van der Waals surface area contributed by atoms with Crippen LogP contribution in [0.3, 0.4) is 0 Å². The summed E-state index contributed by atoms with van der Waals surface area (Å²) in [7, 11) is 1.83. The van der Waals surface area contributed by atoms with E-state index in [4.69, 9.17) is 0 Å². The first-order chi connectivity index (χ1) is 9.60. The standard InChI is InChI=1S/C16H17FN2O/c1-11(12-3-7-14(17)8-4-12)19-16(20)13-5-9-15(18-2)10-6-13/h3-11,18H,1-2H3,(H,19,20). The van der Waals surface area contributed by atoms with Crippen LogP contribution in [-0.4, -0.2) is 13.0 Å². The third kappa shape index (κ3) is 3.35. The van der Waals surface area contributed by atoms with Gasteiger partial charge in [-0.15, -0.1) is 0 Å². The highest BCUT2D eigenvalue weighted by Crippen LogP contribution is 2.14. The SMILES string of the molecule is CNc1ccc(C(=O)NC(C)c2ccc(F)cc2)cc1. The first-order valence-electron chi connectivity index (χ1n) is 6.44. The van der Waals surface area contributed by atoms with Crippen LogP contribution in [0.2, 0.25) is 0 Å². The smallest absolute Gasteiger partial charge is 0.251 e. The van der Waals surface area contributed by atoms with Crippen molar-refractivity contribution in [2.75, 3.05) is 12.4 Å². The summed E-state index contributed by atoms with van der Waals surface area (Å²) in [6.45, 7) is 1.87. The molecule has 0 saturated carbocycles. The molecule has 0 heterocycles. The van der Waals surface area contributed by atoms with Gasteiger partial charge in [-0.2, -0.15) is 0 Å². The van der Waals surface area contributed by atoms with E-state index >= 15 is 0 Å². The number of carbonyl (C=O) groups is 1. The third-order valence-electron chi connectivity index (χ3n) is 3.15. The van der Waals surface area contributed by atoms with Gasteiger partial charge in [-0.1, -0.05) is 12.1 Å². The molecule has 0 aliphatic heterocycles. The van der Waals surface area contributed by atoms with Crippen LogP contribution in [-0.2, 0) is 0 Å². The maximum atomic E-state index is 12.9. The van der Waals surface area contributed by atoms with E-state index in [-0.39, 0.29) is 17.8 Å². The Labute approximate surface area is 117 Å². The third-order valence-corrected chi connectivity index (χ3v) is 3.15. The predicted octanol–water partition coefficient (Wildman–Crippen LogP) is 3.36. The zero-order valence-electron chi connectivity index (χ0n) is 11.5. The highest BCUT2D eigenvalue weighted by Gasteiger charge is 2.11. The fraction of sp³-hybridized carbons (Fsp3) is 0.188. The molecule has 2 N–H and O–H groups in total. The van der Waals surface area contributed by atoms with E-state index in [1.807, 2.05) is 26.1 Å². The summed E-state index contributed by atoms with van der Waals surface area (Å²) in [6.07, 6.45) is 0. The molecule has 1 amide bonds. The highest BCUT2D eigenvalue weighted by atomic mass is 19.1. The molecule has 4 heteroatoms. The van der Waals surface area contributed by atoms with Gasteiger partial charge in [-0.05, 0) is 48.9 Å². The van der Waals surface area contributed by atoms with Crippen LogP contribution < -0.4 is 10.6 Å². The molecule has 2 aromatic carbocycles. The van der Waals surface area contributed by atoms with Gasteiger partial charge < -0.3 is 10.6 Å². The van der Waals surface area contributed by atoms with Crippen molar-refractivity contribution >= 4 is 11.6 Å². The Morgan fingerprint density at radius 2 is 1.65 bits per heavy atom. The number of halogens is 1. The second-order valence-electron chi connectivity index (χ2n) is 4.57. The van der Waals surface area contributed by atoms with Crippen LogP contribution in [0.4, 0.5) is 10.1 Å². The lowest BCUT2D eigenvalue weighted by Crippen LogP contribution is -2.26. The van der Waals surface area contributed by atoms with Crippen molar-refractivity contribution in [3.05, 3.63) is 65.5 Å². The summed E-state index contributed by atoms with van der Waals surface area (Å²) < 4.78 is 12.9. The van der Waals surface area contributed by atoms with Gasteiger partial charge in [0.05, 0.1) is 6.04 Å². The van der Waals surface area contributed by atoms with Crippen LogP contribution in [0.15, 0.2) is 48.5 Å². The molecular formula is C16H17FN2O.